The Morgan fingerprint density at radius 3 is 2.62 bits per heavy atom. The third kappa shape index (κ3) is 3.11. The molecule has 2 fully saturated rings. The SMILES string of the molecule is Cc1cc2nc(CNC3(CO)CCCC3)oc2c2c1NC(=O)NC21CCCCC1. The van der Waals surface area contributed by atoms with Crippen LogP contribution in [0.25, 0.3) is 11.1 Å². The van der Waals surface area contributed by atoms with Gasteiger partial charge in [0.05, 0.1) is 24.4 Å². The molecule has 4 N–H and O–H groups in total. The van der Waals surface area contributed by atoms with Crippen molar-refractivity contribution in [3.8, 4) is 0 Å². The first-order chi connectivity index (χ1) is 14.0. The van der Waals surface area contributed by atoms with Crippen molar-refractivity contribution < 1.29 is 14.3 Å². The van der Waals surface area contributed by atoms with Gasteiger partial charge in [0.25, 0.3) is 0 Å². The molecule has 29 heavy (non-hydrogen) atoms. The topological polar surface area (TPSA) is 99.4 Å². The van der Waals surface area contributed by atoms with E-state index in [-0.39, 0.29) is 23.7 Å². The Kier molecular flexibility index (Phi) is 4.55. The minimum Gasteiger partial charge on any atom is -0.439 e. The van der Waals surface area contributed by atoms with Crippen molar-refractivity contribution in [1.29, 1.82) is 0 Å². The number of aliphatic hydroxyl groups is 1. The Morgan fingerprint density at radius 1 is 1.17 bits per heavy atom. The van der Waals surface area contributed by atoms with Crippen LogP contribution in [0.3, 0.4) is 0 Å². The molecule has 3 aliphatic rings. The van der Waals surface area contributed by atoms with E-state index in [1.165, 1.54) is 6.42 Å². The fraction of sp³-hybridized carbons (Fsp3) is 0.636. The van der Waals surface area contributed by atoms with Gasteiger partial charge in [-0.3, -0.25) is 0 Å². The second-order valence-corrected chi connectivity index (χ2v) is 9.12. The zero-order valence-electron chi connectivity index (χ0n) is 17.1. The number of oxazole rings is 1. The maximum Gasteiger partial charge on any atom is 0.319 e. The van der Waals surface area contributed by atoms with Crippen molar-refractivity contribution in [1.82, 2.24) is 15.6 Å². The molecule has 2 saturated carbocycles. The van der Waals surface area contributed by atoms with Crippen LogP contribution >= 0.6 is 0 Å². The quantitative estimate of drug-likeness (QED) is 0.627. The van der Waals surface area contributed by atoms with Crippen molar-refractivity contribution in [2.24, 2.45) is 0 Å². The Balaban J connectivity index is 1.54. The number of hydrogen-bond donors (Lipinski definition) is 4. The lowest BCUT2D eigenvalue weighted by atomic mass is 9.74. The lowest BCUT2D eigenvalue weighted by Gasteiger charge is -2.42. The molecule has 0 bridgehead atoms. The van der Waals surface area contributed by atoms with E-state index in [2.05, 4.69) is 16.0 Å². The molecule has 7 heteroatoms. The largest absolute Gasteiger partial charge is 0.439 e. The summed E-state index contributed by atoms with van der Waals surface area (Å²) in [6.45, 7) is 2.66. The highest BCUT2D eigenvalue weighted by atomic mass is 16.3. The van der Waals surface area contributed by atoms with Gasteiger partial charge >= 0.3 is 6.03 Å². The lowest BCUT2D eigenvalue weighted by Crippen LogP contribution is -2.52. The number of fused-ring (bicyclic) bond motifs is 4. The van der Waals surface area contributed by atoms with Crippen LogP contribution in [-0.4, -0.2) is 28.3 Å². The molecular weight excluding hydrogens is 368 g/mol. The third-order valence-electron chi connectivity index (χ3n) is 7.18. The molecule has 7 nitrogen and oxygen atoms in total. The van der Waals surface area contributed by atoms with E-state index < -0.39 is 0 Å². The molecular formula is C22H30N4O3. The normalized spacial score (nSPS) is 22.5. The van der Waals surface area contributed by atoms with Crippen LogP contribution in [0.2, 0.25) is 0 Å². The maximum absolute atomic E-state index is 12.4. The molecule has 1 aliphatic heterocycles. The van der Waals surface area contributed by atoms with Gasteiger partial charge in [-0.1, -0.05) is 32.1 Å². The summed E-state index contributed by atoms with van der Waals surface area (Å²) in [6, 6.07) is 1.87. The number of benzene rings is 1. The monoisotopic (exact) mass is 398 g/mol. The minimum absolute atomic E-state index is 0.130. The van der Waals surface area contributed by atoms with Gasteiger partial charge in [-0.25, -0.2) is 9.78 Å². The van der Waals surface area contributed by atoms with Gasteiger partial charge in [-0.15, -0.1) is 0 Å². The molecule has 1 aromatic heterocycles. The summed E-state index contributed by atoms with van der Waals surface area (Å²) in [5.41, 5.74) is 3.98. The number of rotatable bonds is 4. The Hall–Kier alpha value is -2.12. The number of nitrogens with one attached hydrogen (secondary N) is 3. The van der Waals surface area contributed by atoms with Crippen molar-refractivity contribution in [2.45, 2.75) is 82.3 Å². The van der Waals surface area contributed by atoms with Crippen LogP contribution in [0.15, 0.2) is 10.5 Å². The van der Waals surface area contributed by atoms with Crippen LogP contribution < -0.4 is 16.0 Å². The van der Waals surface area contributed by atoms with E-state index in [0.717, 1.165) is 79.3 Å². The molecule has 156 valence electrons. The van der Waals surface area contributed by atoms with Gasteiger partial charge in [0.1, 0.15) is 5.52 Å². The van der Waals surface area contributed by atoms with Gasteiger partial charge < -0.3 is 25.5 Å². The van der Waals surface area contributed by atoms with Crippen LogP contribution in [0.1, 0.15) is 74.8 Å². The van der Waals surface area contributed by atoms with E-state index in [0.29, 0.717) is 12.4 Å². The van der Waals surface area contributed by atoms with Gasteiger partial charge in [-0.2, -0.15) is 0 Å². The predicted octanol–water partition coefficient (Wildman–Crippen LogP) is 3.83. The Morgan fingerprint density at radius 2 is 1.90 bits per heavy atom. The number of nitrogens with zero attached hydrogens (tertiary/aromatic N) is 1. The smallest absolute Gasteiger partial charge is 0.319 e. The van der Waals surface area contributed by atoms with Crippen LogP contribution in [0.5, 0.6) is 0 Å². The number of aliphatic hydroxyl groups excluding tert-OH is 1. The highest BCUT2D eigenvalue weighted by Gasteiger charge is 2.43. The summed E-state index contributed by atoms with van der Waals surface area (Å²) in [5, 5.41) is 19.6. The Bertz CT molecular complexity index is 939. The van der Waals surface area contributed by atoms with Gasteiger partial charge in [0.15, 0.2) is 5.58 Å². The third-order valence-corrected chi connectivity index (χ3v) is 7.18. The lowest BCUT2D eigenvalue weighted by molar-refractivity contribution is 0.160. The van der Waals surface area contributed by atoms with Crippen molar-refractivity contribution in [3.63, 3.8) is 0 Å². The summed E-state index contributed by atoms with van der Waals surface area (Å²) in [6.07, 6.45) is 9.48. The van der Waals surface area contributed by atoms with Crippen LogP contribution in [-0.2, 0) is 12.1 Å². The summed E-state index contributed by atoms with van der Waals surface area (Å²) in [5.74, 6) is 0.635. The van der Waals surface area contributed by atoms with Crippen molar-refractivity contribution in [3.05, 3.63) is 23.1 Å². The zero-order valence-corrected chi connectivity index (χ0v) is 17.1. The molecule has 2 aromatic rings. The van der Waals surface area contributed by atoms with Gasteiger partial charge in [-0.05, 0) is 44.2 Å². The maximum atomic E-state index is 12.4. The van der Waals surface area contributed by atoms with E-state index >= 15 is 0 Å². The molecule has 1 spiro atoms. The fourth-order valence-corrected chi connectivity index (χ4v) is 5.60. The number of anilines is 1. The molecule has 5 rings (SSSR count). The van der Waals surface area contributed by atoms with Gasteiger partial charge in [0.2, 0.25) is 5.89 Å². The molecule has 1 aromatic carbocycles. The number of aromatic nitrogens is 1. The fourth-order valence-electron chi connectivity index (χ4n) is 5.60. The van der Waals surface area contributed by atoms with Crippen LogP contribution in [0.4, 0.5) is 10.5 Å². The first-order valence-corrected chi connectivity index (χ1v) is 10.9. The molecule has 2 aliphatic carbocycles. The van der Waals surface area contributed by atoms with Gasteiger partial charge in [0, 0.05) is 11.1 Å². The number of urea groups is 1. The number of carbonyl (C=O) groups is 1. The average Bonchev–Trinajstić information content (AvgIpc) is 3.34. The van der Waals surface area contributed by atoms with Crippen LogP contribution in [0, 0.1) is 6.92 Å². The summed E-state index contributed by atoms with van der Waals surface area (Å²) in [7, 11) is 0. The predicted molar refractivity (Wildman–Crippen MR) is 111 cm³/mol. The summed E-state index contributed by atoms with van der Waals surface area (Å²) < 4.78 is 6.29. The van der Waals surface area contributed by atoms with E-state index in [9.17, 15) is 9.90 Å². The standard InChI is InChI=1S/C22H30N4O3/c1-14-11-15-19(29-16(24-15)12-23-21(13-27)7-5-6-8-21)17-18(14)25-20(28)26-22(17)9-3-2-4-10-22/h11,23,27H,2-10,12-13H2,1H3,(H2,25,26,28). The first-order valence-electron chi connectivity index (χ1n) is 10.9. The van der Waals surface area contributed by atoms with Crippen molar-refractivity contribution >= 4 is 22.8 Å². The van der Waals surface area contributed by atoms with E-state index in [1.807, 2.05) is 13.0 Å². The second kappa shape index (κ2) is 6.99. The first kappa shape index (κ1) is 18.9. The number of amides is 2. The number of carbonyl (C=O) groups excluding carboxylic acids is 1. The average molecular weight is 399 g/mol. The highest BCUT2D eigenvalue weighted by Crippen LogP contribution is 2.47. The summed E-state index contributed by atoms with van der Waals surface area (Å²) >= 11 is 0. The highest BCUT2D eigenvalue weighted by molar-refractivity contribution is 5.99. The zero-order chi connectivity index (χ0) is 20.1. The molecule has 2 amide bonds. The van der Waals surface area contributed by atoms with E-state index in [4.69, 9.17) is 9.40 Å². The molecule has 0 saturated heterocycles. The number of aryl methyl sites for hydroxylation is 1. The molecule has 0 radical (unpaired) electrons. The second-order valence-electron chi connectivity index (χ2n) is 9.12. The van der Waals surface area contributed by atoms with E-state index in [1.54, 1.807) is 0 Å². The Labute approximate surface area is 170 Å². The summed E-state index contributed by atoms with van der Waals surface area (Å²) in [4.78, 5) is 17.2. The molecule has 0 atom stereocenters. The minimum atomic E-state index is -0.373. The van der Waals surface area contributed by atoms with Crippen molar-refractivity contribution in [2.75, 3.05) is 11.9 Å². The number of hydrogen-bond acceptors (Lipinski definition) is 5. The molecule has 0 unspecified atom stereocenters. The molecule has 2 heterocycles.